The third-order valence-corrected chi connectivity index (χ3v) is 4.43. The van der Waals surface area contributed by atoms with Crippen molar-refractivity contribution in [3.63, 3.8) is 0 Å². The Morgan fingerprint density at radius 3 is 2.95 bits per heavy atom. The molecule has 116 valence electrons. The van der Waals surface area contributed by atoms with Gasteiger partial charge in [-0.05, 0) is 57.2 Å². The first-order chi connectivity index (χ1) is 10.1. The lowest BCUT2D eigenvalue weighted by Crippen LogP contribution is -2.41. The number of rotatable bonds is 6. The minimum absolute atomic E-state index is 0.0347. The normalized spacial score (nSPS) is 25.2. The predicted molar refractivity (Wildman–Crippen MR) is 81.9 cm³/mol. The van der Waals surface area contributed by atoms with Crippen LogP contribution in [-0.4, -0.2) is 31.6 Å². The van der Waals surface area contributed by atoms with Crippen LogP contribution in [-0.2, 0) is 11.2 Å². The lowest BCUT2D eigenvalue weighted by molar-refractivity contribution is 0.0190. The van der Waals surface area contributed by atoms with Gasteiger partial charge in [0.05, 0.1) is 5.60 Å². The highest BCUT2D eigenvalue weighted by atomic mass is 16.7. The van der Waals surface area contributed by atoms with Gasteiger partial charge in [0.2, 0.25) is 6.79 Å². The fourth-order valence-corrected chi connectivity index (χ4v) is 2.95. The molecule has 0 bridgehead atoms. The summed E-state index contributed by atoms with van der Waals surface area (Å²) in [6.45, 7) is 6.64. The van der Waals surface area contributed by atoms with E-state index in [1.165, 1.54) is 12.0 Å². The second-order valence-corrected chi connectivity index (χ2v) is 6.41. The summed E-state index contributed by atoms with van der Waals surface area (Å²) in [6, 6.07) is 6.71. The Morgan fingerprint density at radius 1 is 1.29 bits per heavy atom. The Morgan fingerprint density at radius 2 is 2.14 bits per heavy atom. The number of benzene rings is 1. The van der Waals surface area contributed by atoms with Gasteiger partial charge in [-0.25, -0.2) is 0 Å². The Bertz CT molecular complexity index is 483. The number of fused-ring (bicyclic) bond motifs is 1. The molecule has 1 aromatic carbocycles. The van der Waals surface area contributed by atoms with Gasteiger partial charge >= 0.3 is 0 Å². The van der Waals surface area contributed by atoms with Crippen LogP contribution in [0, 0.1) is 0 Å². The van der Waals surface area contributed by atoms with Crippen LogP contribution in [0.2, 0.25) is 0 Å². The Labute approximate surface area is 126 Å². The van der Waals surface area contributed by atoms with E-state index in [-0.39, 0.29) is 5.60 Å². The van der Waals surface area contributed by atoms with Crippen LogP contribution in [0.25, 0.3) is 0 Å². The molecule has 4 heteroatoms. The second-order valence-electron chi connectivity index (χ2n) is 6.41. The largest absolute Gasteiger partial charge is 0.454 e. The smallest absolute Gasteiger partial charge is 0.231 e. The standard InChI is InChI=1S/C17H25NO3/c1-13(18-11-17(2)8-3-9-21-17)4-5-14-6-7-15-16(10-14)20-12-19-15/h6-7,10,13,18H,3-5,8-9,11-12H2,1-2H3. The molecule has 3 rings (SSSR count). The minimum Gasteiger partial charge on any atom is -0.454 e. The van der Waals surface area contributed by atoms with Crippen LogP contribution in [0.15, 0.2) is 18.2 Å². The van der Waals surface area contributed by atoms with Crippen LogP contribution in [0.1, 0.15) is 38.7 Å². The van der Waals surface area contributed by atoms with Crippen molar-refractivity contribution < 1.29 is 14.2 Å². The molecular weight excluding hydrogens is 266 g/mol. The molecule has 0 saturated carbocycles. The lowest BCUT2D eigenvalue weighted by atomic mass is 10.0. The first kappa shape index (κ1) is 14.7. The zero-order valence-electron chi connectivity index (χ0n) is 13.0. The fraction of sp³-hybridized carbons (Fsp3) is 0.647. The van der Waals surface area contributed by atoms with Crippen molar-refractivity contribution in [2.75, 3.05) is 19.9 Å². The summed E-state index contributed by atoms with van der Waals surface area (Å²) in [6.07, 6.45) is 4.50. The van der Waals surface area contributed by atoms with Gasteiger partial charge in [0, 0.05) is 19.2 Å². The van der Waals surface area contributed by atoms with E-state index in [1.54, 1.807) is 0 Å². The molecule has 1 fully saturated rings. The van der Waals surface area contributed by atoms with Crippen molar-refractivity contribution in [1.82, 2.24) is 5.32 Å². The van der Waals surface area contributed by atoms with E-state index in [1.807, 2.05) is 6.07 Å². The summed E-state index contributed by atoms with van der Waals surface area (Å²) in [4.78, 5) is 0. The van der Waals surface area contributed by atoms with Gasteiger partial charge in [-0.15, -0.1) is 0 Å². The van der Waals surface area contributed by atoms with Crippen molar-refractivity contribution in [3.8, 4) is 11.5 Å². The van der Waals surface area contributed by atoms with E-state index in [0.29, 0.717) is 12.8 Å². The zero-order chi connectivity index (χ0) is 14.7. The van der Waals surface area contributed by atoms with E-state index >= 15 is 0 Å². The molecule has 0 radical (unpaired) electrons. The summed E-state index contributed by atoms with van der Waals surface area (Å²) < 4.78 is 16.6. The topological polar surface area (TPSA) is 39.7 Å². The van der Waals surface area contributed by atoms with Crippen molar-refractivity contribution >= 4 is 0 Å². The minimum atomic E-state index is 0.0347. The molecule has 4 nitrogen and oxygen atoms in total. The molecule has 2 unspecified atom stereocenters. The van der Waals surface area contributed by atoms with E-state index < -0.39 is 0 Å². The SMILES string of the molecule is CC(CCc1ccc2c(c1)OCO2)NCC1(C)CCCO1. The van der Waals surface area contributed by atoms with Crippen LogP contribution < -0.4 is 14.8 Å². The molecule has 2 atom stereocenters. The Hall–Kier alpha value is -1.26. The van der Waals surface area contributed by atoms with E-state index in [4.69, 9.17) is 14.2 Å². The highest BCUT2D eigenvalue weighted by Crippen LogP contribution is 2.32. The molecule has 0 aromatic heterocycles. The lowest BCUT2D eigenvalue weighted by Gasteiger charge is -2.26. The van der Waals surface area contributed by atoms with E-state index in [2.05, 4.69) is 31.3 Å². The van der Waals surface area contributed by atoms with Gasteiger partial charge in [0.15, 0.2) is 11.5 Å². The van der Waals surface area contributed by atoms with Crippen molar-refractivity contribution in [1.29, 1.82) is 0 Å². The summed E-state index contributed by atoms with van der Waals surface area (Å²) in [7, 11) is 0. The number of ether oxygens (including phenoxy) is 3. The summed E-state index contributed by atoms with van der Waals surface area (Å²) in [5.74, 6) is 1.73. The maximum Gasteiger partial charge on any atom is 0.231 e. The third-order valence-electron chi connectivity index (χ3n) is 4.43. The molecule has 0 spiro atoms. The Balaban J connectivity index is 1.44. The first-order valence-corrected chi connectivity index (χ1v) is 7.90. The highest BCUT2D eigenvalue weighted by molar-refractivity contribution is 5.44. The van der Waals surface area contributed by atoms with Gasteiger partial charge in [-0.2, -0.15) is 0 Å². The van der Waals surface area contributed by atoms with E-state index in [0.717, 1.165) is 43.9 Å². The highest BCUT2D eigenvalue weighted by Gasteiger charge is 2.29. The molecule has 1 aromatic rings. The van der Waals surface area contributed by atoms with Crippen LogP contribution in [0.3, 0.4) is 0 Å². The van der Waals surface area contributed by atoms with Crippen LogP contribution >= 0.6 is 0 Å². The van der Waals surface area contributed by atoms with Crippen molar-refractivity contribution in [2.45, 2.75) is 51.2 Å². The second kappa shape index (κ2) is 6.24. The Kier molecular flexibility index (Phi) is 4.36. The molecule has 1 N–H and O–H groups in total. The number of aryl methyl sites for hydroxylation is 1. The summed E-state index contributed by atoms with van der Waals surface area (Å²) in [5.41, 5.74) is 1.34. The average Bonchev–Trinajstić information content (AvgIpc) is 3.11. The molecule has 1 saturated heterocycles. The summed E-state index contributed by atoms with van der Waals surface area (Å²) in [5, 5.41) is 3.61. The molecule has 2 heterocycles. The van der Waals surface area contributed by atoms with Crippen LogP contribution in [0.5, 0.6) is 11.5 Å². The predicted octanol–water partition coefficient (Wildman–Crippen LogP) is 2.90. The van der Waals surface area contributed by atoms with Gasteiger partial charge in [0.25, 0.3) is 0 Å². The zero-order valence-corrected chi connectivity index (χ0v) is 13.0. The van der Waals surface area contributed by atoms with Crippen LogP contribution in [0.4, 0.5) is 0 Å². The van der Waals surface area contributed by atoms with Gasteiger partial charge in [-0.3, -0.25) is 0 Å². The fourth-order valence-electron chi connectivity index (χ4n) is 2.95. The quantitative estimate of drug-likeness (QED) is 0.875. The maximum atomic E-state index is 5.81. The first-order valence-electron chi connectivity index (χ1n) is 7.90. The van der Waals surface area contributed by atoms with Crippen molar-refractivity contribution in [3.05, 3.63) is 23.8 Å². The molecule has 2 aliphatic heterocycles. The monoisotopic (exact) mass is 291 g/mol. The maximum absolute atomic E-state index is 5.81. The van der Waals surface area contributed by atoms with Gasteiger partial charge in [0.1, 0.15) is 0 Å². The number of nitrogens with one attached hydrogen (secondary N) is 1. The average molecular weight is 291 g/mol. The summed E-state index contributed by atoms with van der Waals surface area (Å²) >= 11 is 0. The number of hydrogen-bond donors (Lipinski definition) is 1. The molecular formula is C17H25NO3. The molecule has 0 amide bonds. The molecule has 21 heavy (non-hydrogen) atoms. The third kappa shape index (κ3) is 3.69. The van der Waals surface area contributed by atoms with Gasteiger partial charge < -0.3 is 19.5 Å². The van der Waals surface area contributed by atoms with Crippen molar-refractivity contribution in [2.24, 2.45) is 0 Å². The number of hydrogen-bond acceptors (Lipinski definition) is 4. The van der Waals surface area contributed by atoms with E-state index in [9.17, 15) is 0 Å². The molecule has 0 aliphatic carbocycles. The van der Waals surface area contributed by atoms with Gasteiger partial charge in [-0.1, -0.05) is 6.07 Å². The molecule has 2 aliphatic rings.